The van der Waals surface area contributed by atoms with Crippen LogP contribution in [0.15, 0.2) is 0 Å². The summed E-state index contributed by atoms with van der Waals surface area (Å²) in [5.74, 6) is 6.86. The highest BCUT2D eigenvalue weighted by atomic mass is 14.5. The summed E-state index contributed by atoms with van der Waals surface area (Å²) in [6, 6.07) is 0. The molecule has 2 spiro atoms. The Kier molecular flexibility index (Phi) is 36.1. The van der Waals surface area contributed by atoms with Gasteiger partial charge in [-0.1, -0.05) is 357 Å². The third-order valence-corrected chi connectivity index (χ3v) is 29.2. The Morgan fingerprint density at radius 2 is 0.475 bits per heavy atom. The smallest absolute Gasteiger partial charge is 0.0287 e. The summed E-state index contributed by atoms with van der Waals surface area (Å²) < 4.78 is 0. The summed E-state index contributed by atoms with van der Waals surface area (Å²) in [6.07, 6.45) is 64.4. The van der Waals surface area contributed by atoms with E-state index in [-0.39, 0.29) is 0 Å². The average molecular weight is 1380 g/mol. The molecule has 590 valence electrons. The van der Waals surface area contributed by atoms with Crippen LogP contribution in [0.3, 0.4) is 0 Å². The fourth-order valence-electron chi connectivity index (χ4n) is 26.4. The monoisotopic (exact) mass is 1380 g/mol. The van der Waals surface area contributed by atoms with Crippen LogP contribution in [-0.4, -0.2) is 0 Å². The number of hydrogen-bond donors (Lipinski definition) is 0. The Hall–Kier alpha value is 0. The predicted octanol–water partition coefficient (Wildman–Crippen LogP) is 35.0. The van der Waals surface area contributed by atoms with Gasteiger partial charge in [0.25, 0.3) is 0 Å². The van der Waals surface area contributed by atoms with E-state index in [9.17, 15) is 0 Å². The summed E-state index contributed by atoms with van der Waals surface area (Å²) in [4.78, 5) is 0. The van der Waals surface area contributed by atoms with Gasteiger partial charge in [0.2, 0.25) is 0 Å². The van der Waals surface area contributed by atoms with Crippen molar-refractivity contribution in [3.63, 3.8) is 0 Å². The lowest BCUT2D eigenvalue weighted by molar-refractivity contribution is -0.0321. The molecule has 11 aliphatic rings. The summed E-state index contributed by atoms with van der Waals surface area (Å²) in [5, 5.41) is 0. The zero-order chi connectivity index (χ0) is 75.7. The molecule has 0 N–H and O–H groups in total. The van der Waals surface area contributed by atoms with Crippen molar-refractivity contribution in [3.8, 4) is 0 Å². The van der Waals surface area contributed by atoms with Gasteiger partial charge in [0.15, 0.2) is 0 Å². The third kappa shape index (κ3) is 37.1. The van der Waals surface area contributed by atoms with Crippen LogP contribution in [0.25, 0.3) is 0 Å². The van der Waals surface area contributed by atoms with E-state index in [1.165, 1.54) is 257 Å². The topological polar surface area (TPSA) is 0 Å². The van der Waals surface area contributed by atoms with Gasteiger partial charge in [-0.25, -0.2) is 0 Å². The average Bonchev–Trinajstić information content (AvgIpc) is 0.770. The molecule has 0 bridgehead atoms. The molecule has 99 heavy (non-hydrogen) atoms. The number of rotatable bonds is 2. The summed E-state index contributed by atoms with van der Waals surface area (Å²) >= 11 is 0. The van der Waals surface area contributed by atoms with E-state index < -0.39 is 0 Å². The zero-order valence-corrected chi connectivity index (χ0v) is 75.7. The summed E-state index contributed by atoms with van der Waals surface area (Å²) in [7, 11) is 0. The van der Waals surface area contributed by atoms with E-state index in [1.54, 1.807) is 25.7 Å². The highest BCUT2D eigenvalue weighted by molar-refractivity contribution is 5.00. The first-order valence-corrected chi connectivity index (χ1v) is 44.9. The van der Waals surface area contributed by atoms with Gasteiger partial charge in [-0.05, 0) is 277 Å². The van der Waals surface area contributed by atoms with Crippen LogP contribution in [0.4, 0.5) is 0 Å². The molecule has 11 aliphatic carbocycles. The van der Waals surface area contributed by atoms with Crippen molar-refractivity contribution in [3.05, 3.63) is 0 Å². The van der Waals surface area contributed by atoms with Crippen molar-refractivity contribution in [2.45, 2.75) is 511 Å². The van der Waals surface area contributed by atoms with E-state index in [4.69, 9.17) is 0 Å². The van der Waals surface area contributed by atoms with Crippen molar-refractivity contribution in [2.24, 2.45) is 123 Å². The molecule has 11 fully saturated rings. The van der Waals surface area contributed by atoms with E-state index in [0.717, 1.165) is 46.8 Å². The largest absolute Gasteiger partial charge is 0.0651 e. The minimum absolute atomic E-state index is 0.547. The van der Waals surface area contributed by atoms with Crippen LogP contribution < -0.4 is 0 Å². The van der Waals surface area contributed by atoms with Crippen LogP contribution in [0, 0.1) is 123 Å². The van der Waals surface area contributed by atoms with Crippen molar-refractivity contribution in [2.75, 3.05) is 0 Å². The Bertz CT molecular complexity index is 2040. The molecule has 0 heteroatoms. The van der Waals surface area contributed by atoms with E-state index in [1.807, 2.05) is 0 Å². The fraction of sp³-hybridized carbons (Fsp3) is 1.00. The molecule has 0 aromatic carbocycles. The second-order valence-electron chi connectivity index (χ2n) is 49.6. The second kappa shape index (κ2) is 38.4. The van der Waals surface area contributed by atoms with E-state index in [0.29, 0.717) is 75.8 Å². The van der Waals surface area contributed by atoms with E-state index in [2.05, 4.69) is 228 Å². The molecule has 11 rings (SSSR count). The fourth-order valence-corrected chi connectivity index (χ4v) is 26.4. The molecule has 0 radical (unpaired) electrons. The zero-order valence-electron chi connectivity index (χ0n) is 75.7. The maximum absolute atomic E-state index is 2.49. The molecular formula is C99H194. The van der Waals surface area contributed by atoms with Gasteiger partial charge in [-0.2, -0.15) is 0 Å². The molecule has 0 unspecified atom stereocenters. The van der Waals surface area contributed by atoms with Crippen molar-refractivity contribution in [1.29, 1.82) is 0 Å². The minimum atomic E-state index is 0.547. The molecule has 0 aromatic rings. The third-order valence-electron chi connectivity index (χ3n) is 29.2. The van der Waals surface area contributed by atoms with Gasteiger partial charge in [-0.3, -0.25) is 0 Å². The Labute approximate surface area is 629 Å². The van der Waals surface area contributed by atoms with Gasteiger partial charge >= 0.3 is 0 Å². The van der Waals surface area contributed by atoms with Crippen LogP contribution >= 0.6 is 0 Å². The first-order valence-electron chi connectivity index (χ1n) is 44.9. The Morgan fingerprint density at radius 1 is 0.202 bits per heavy atom. The summed E-state index contributed by atoms with van der Waals surface area (Å²) in [5.41, 5.74) is 9.15. The van der Waals surface area contributed by atoms with Crippen molar-refractivity contribution >= 4 is 0 Å². The maximum Gasteiger partial charge on any atom is -0.0287 e. The quantitative estimate of drug-likeness (QED) is 0.259. The SMILES string of the molecule is CC1(C)CC(C)(C)CC(C)(C)C1.CC1(C)CCCCC1.CC1C(C)(C)CCCC1(C)C.CC1CC(C)(C)CC(C)(C)C1.CC1CCC(C)(C)CC1.CC1CCC2(CC1)CC(C)(C)CC(C)(C)C2.CC1CCC2(CCCCC2)CC1.CCC1CC(C)(C)CC(C)(C)C1.CCC1CCCCC1. The molecule has 0 heterocycles. The molecule has 0 amide bonds. The first kappa shape index (κ1) is 93.2. The van der Waals surface area contributed by atoms with Crippen molar-refractivity contribution in [1.82, 2.24) is 0 Å². The standard InChI is InChI=1S/C16H30.C12H22.2C12H24.2C11H22.C9H18.2C8H16/c1-13-6-8-16(9-7-13)11-14(2,3)10-15(4,5)12-16;1-11-5-9-12(10-6-11)7-3-2-4-8-12;1-10(2)7-11(3,4)9-12(5,6)8-10;1-6-10-7-11(2,3)9-12(4,5)8-10;1-9-6-10(2,3)8-11(4,5)7-9;1-9-10(2,3)7-6-8-11(9,4)5;1-8-4-6-9(2,3)7-5-8;1-8(2)6-4-3-5-7-8;1-2-8-6-4-3-5-7-8/h13H,6-12H2,1-5H3;11H,2-10H2,1H3;7-9H2,1-6H3;10H,6-9H2,1-5H3;2*9H,6-8H2,1-5H3;8H,4-7H2,1-3H3;3-7H2,1-2H3;8H,2-7H2,1H3. The lowest BCUT2D eigenvalue weighted by Gasteiger charge is -2.54. The van der Waals surface area contributed by atoms with Gasteiger partial charge in [0.05, 0.1) is 0 Å². The number of hydrogen-bond acceptors (Lipinski definition) is 0. The molecule has 0 nitrogen and oxygen atoms in total. The van der Waals surface area contributed by atoms with Gasteiger partial charge < -0.3 is 0 Å². The summed E-state index contributed by atoms with van der Waals surface area (Å²) in [6.45, 7) is 79.7. The highest BCUT2D eigenvalue weighted by Gasteiger charge is 2.49. The van der Waals surface area contributed by atoms with Gasteiger partial charge in [0.1, 0.15) is 0 Å². The lowest BCUT2D eigenvalue weighted by atomic mass is 9.51. The lowest BCUT2D eigenvalue weighted by Crippen LogP contribution is -2.43. The van der Waals surface area contributed by atoms with Crippen LogP contribution in [0.1, 0.15) is 511 Å². The highest BCUT2D eigenvalue weighted by Crippen LogP contribution is 2.61. The normalized spacial score (nSPS) is 29.8. The molecule has 0 aromatic heterocycles. The second-order valence-corrected chi connectivity index (χ2v) is 49.6. The predicted molar refractivity (Wildman–Crippen MR) is 451 cm³/mol. The Balaban J connectivity index is 0.000000292. The van der Waals surface area contributed by atoms with Crippen LogP contribution in [-0.2, 0) is 0 Å². The van der Waals surface area contributed by atoms with Crippen LogP contribution in [0.5, 0.6) is 0 Å². The molecule has 11 saturated carbocycles. The van der Waals surface area contributed by atoms with Gasteiger partial charge in [-0.15, -0.1) is 0 Å². The minimum Gasteiger partial charge on any atom is -0.0651 e. The molecule has 0 aliphatic heterocycles. The van der Waals surface area contributed by atoms with Crippen LogP contribution in [0.2, 0.25) is 0 Å². The van der Waals surface area contributed by atoms with Gasteiger partial charge in [0, 0.05) is 0 Å². The first-order chi connectivity index (χ1) is 44.9. The Morgan fingerprint density at radius 3 is 0.758 bits per heavy atom. The van der Waals surface area contributed by atoms with Crippen molar-refractivity contribution < 1.29 is 0 Å². The maximum atomic E-state index is 2.49. The molecule has 0 atom stereocenters. The molecule has 0 saturated heterocycles. The van der Waals surface area contributed by atoms with E-state index >= 15 is 0 Å². The molecular weight excluding hydrogens is 1190 g/mol.